The molecule has 6 aromatic carbocycles. The van der Waals surface area contributed by atoms with Crippen LogP contribution in [0, 0.1) is 42.4 Å². The lowest BCUT2D eigenvalue weighted by molar-refractivity contribution is -0.345. The number of amides is 7. The van der Waals surface area contributed by atoms with E-state index in [2.05, 4.69) is 90.8 Å². The van der Waals surface area contributed by atoms with Gasteiger partial charge in [0, 0.05) is 135 Å². The number of aromatic hydroxyl groups is 2. The summed E-state index contributed by atoms with van der Waals surface area (Å²) in [7, 11) is 0. The number of carbonyl (C=O) groups is 7. The summed E-state index contributed by atoms with van der Waals surface area (Å²) in [4.78, 5) is 137. The van der Waals surface area contributed by atoms with E-state index in [4.69, 9.17) is 26.3 Å². The number of aromatic nitrogens is 10. The lowest BCUT2D eigenvalue weighted by Crippen LogP contribution is -2.57. The fraction of sp³-hybridized carbons (Fsp3) is 0.406. The molecule has 140 heavy (non-hydrogen) atoms. The largest absolute Gasteiger partial charge is 0.507 e. The zero-order chi connectivity index (χ0) is 98.0. The molecule has 10 N–H and O–H groups in total. The van der Waals surface area contributed by atoms with Crippen LogP contribution >= 0.6 is 22.7 Å². The van der Waals surface area contributed by atoms with E-state index >= 15 is 9.59 Å². The van der Waals surface area contributed by atoms with Gasteiger partial charge in [-0.15, -0.1) is 43.1 Å². The number of nitrogen functional groups attached to an aromatic ring is 2. The lowest BCUT2D eigenvalue weighted by Gasteiger charge is -2.37. The van der Waals surface area contributed by atoms with Gasteiger partial charge in [-0.25, -0.2) is 19.7 Å². The third-order valence-electron chi connectivity index (χ3n) is 27.8. The van der Waals surface area contributed by atoms with Crippen LogP contribution in [0.25, 0.3) is 76.8 Å². The molecule has 17 rings (SSSR count). The van der Waals surface area contributed by atoms with Crippen molar-refractivity contribution in [3.8, 4) is 88.3 Å². The van der Waals surface area contributed by atoms with Gasteiger partial charge in [0.2, 0.25) is 35.4 Å². The Hall–Kier alpha value is -13.7. The van der Waals surface area contributed by atoms with Gasteiger partial charge in [-0.3, -0.25) is 42.9 Å². The van der Waals surface area contributed by atoms with Crippen molar-refractivity contribution in [1.82, 2.24) is 90.8 Å². The number of unbranched alkanes of at least 4 members (excludes halogenated alkanes) is 1. The number of phenolic OH excluding ortho intramolecular Hbond substituents is 2. The number of phenols is 2. The number of hydrogen-bond acceptors (Lipinski definition) is 25. The molecule has 0 spiro atoms. The van der Waals surface area contributed by atoms with E-state index in [0.29, 0.717) is 77.1 Å². The third kappa shape index (κ3) is 23.4. The molecule has 0 radical (unpaired) electrons. The Morgan fingerprint density at radius 1 is 0.500 bits per heavy atom. The molecule has 5 fully saturated rings. The Bertz CT molecular complexity index is 6390. The van der Waals surface area contributed by atoms with Crippen molar-refractivity contribution in [2.75, 3.05) is 75.3 Å². The molecule has 0 unspecified atom stereocenters. The zero-order valence-electron chi connectivity index (χ0n) is 80.4. The van der Waals surface area contributed by atoms with E-state index in [1.807, 2.05) is 172 Å². The van der Waals surface area contributed by atoms with Gasteiger partial charge >= 0.3 is 0 Å². The molecule has 730 valence electrons. The summed E-state index contributed by atoms with van der Waals surface area (Å²) in [6.45, 7) is 22.0. The monoisotopic (exact) mass is 1930 g/mol. The highest BCUT2D eigenvalue weighted by Crippen LogP contribution is 2.40. The van der Waals surface area contributed by atoms with Crippen molar-refractivity contribution < 1.29 is 53.5 Å². The zero-order valence-corrected chi connectivity index (χ0v) is 82.0. The second kappa shape index (κ2) is 43.4. The number of aryl methyl sites for hydroxylation is 2. The first-order valence-electron chi connectivity index (χ1n) is 48.4. The molecule has 12 aromatic rings. The minimum absolute atomic E-state index is 0.00213. The van der Waals surface area contributed by atoms with Gasteiger partial charge in [0.1, 0.15) is 47.9 Å². The van der Waals surface area contributed by atoms with Crippen molar-refractivity contribution in [3.63, 3.8) is 0 Å². The fourth-order valence-corrected chi connectivity index (χ4v) is 21.2. The summed E-state index contributed by atoms with van der Waals surface area (Å²) in [5.74, 6) is -1.03. The highest BCUT2D eigenvalue weighted by molar-refractivity contribution is 7.13. The normalized spacial score (nSPS) is 17.9. The van der Waals surface area contributed by atoms with Gasteiger partial charge in [0.25, 0.3) is 5.91 Å². The average molecular weight is 1930 g/mol. The molecule has 5 aliphatic rings. The predicted molar refractivity (Wildman–Crippen MR) is 539 cm³/mol. The van der Waals surface area contributed by atoms with Crippen LogP contribution in [0.15, 0.2) is 194 Å². The van der Waals surface area contributed by atoms with Crippen LogP contribution in [0.3, 0.4) is 0 Å². The molecule has 5 aliphatic heterocycles. The Labute approximate surface area is 823 Å². The predicted octanol–water partition coefficient (Wildman–Crippen LogP) is 14.4. The van der Waals surface area contributed by atoms with E-state index in [1.54, 1.807) is 89.1 Å². The SMILES string of the molecule is Cc1ncsc1-c1ccc(CNC(=O)[C@@H]2C[C@@H](OO[C@@H]3C[C@@H](C(=O)NCc4ccc(-c5scnc5C)cc4)N(C(=O)[C@@H](NC(=O)c4ccc(-c5ccc(N6CCC(Cn7cc(-c8cc(-c9ccccc9O)nnc8N)cn7)CC6)cc5)cc4)C(C)(C)C)C3)CN2C(=O)[C@@H](NC(=O)CCCCN2CCC(C(=O)N3CCC(Cn4cc(-c5cc(-c6ccccc6O)nnc5N)cn4)CC3)CC2)C(C)(C)C)cc1. The second-order valence-electron chi connectivity index (χ2n) is 39.8. The molecule has 32 nitrogen and oxygen atoms in total. The number of nitrogens with two attached hydrogens (primary N) is 2. The molecule has 0 aliphatic carbocycles. The van der Waals surface area contributed by atoms with E-state index in [9.17, 15) is 34.2 Å². The average Bonchev–Trinajstić information content (AvgIpc) is 1.60. The fourth-order valence-electron chi connectivity index (χ4n) is 19.6. The van der Waals surface area contributed by atoms with Gasteiger partial charge in [0.05, 0.1) is 69.0 Å². The van der Waals surface area contributed by atoms with Crippen LogP contribution in [-0.2, 0) is 64.7 Å². The molecular formula is C106H123N21O11S2. The van der Waals surface area contributed by atoms with Crippen molar-refractivity contribution >= 4 is 81.3 Å². The summed E-state index contributed by atoms with van der Waals surface area (Å²) < 4.78 is 3.88. The molecule has 0 bridgehead atoms. The number of carbonyl (C=O) groups excluding carboxylic acids is 7. The maximum absolute atomic E-state index is 15.6. The van der Waals surface area contributed by atoms with Gasteiger partial charge in [-0.1, -0.05) is 139 Å². The maximum atomic E-state index is 15.6. The number of benzene rings is 6. The molecule has 6 aromatic heterocycles. The molecule has 5 saturated heterocycles. The van der Waals surface area contributed by atoms with Gasteiger partial charge in [-0.05, 0) is 202 Å². The van der Waals surface area contributed by atoms with Crippen LogP contribution in [0.2, 0.25) is 0 Å². The quantitative estimate of drug-likeness (QED) is 0.0110. The van der Waals surface area contributed by atoms with Crippen LogP contribution in [0.1, 0.15) is 145 Å². The molecule has 11 heterocycles. The third-order valence-corrected chi connectivity index (χ3v) is 29.7. The van der Waals surface area contributed by atoms with Crippen LogP contribution < -0.4 is 37.6 Å². The molecule has 6 atom stereocenters. The van der Waals surface area contributed by atoms with Gasteiger partial charge in [-0.2, -0.15) is 10.2 Å². The summed E-state index contributed by atoms with van der Waals surface area (Å²) in [5, 5.41) is 59.5. The second-order valence-corrected chi connectivity index (χ2v) is 41.5. The first kappa shape index (κ1) is 98.0. The summed E-state index contributed by atoms with van der Waals surface area (Å²) in [6, 6.07) is 44.6. The van der Waals surface area contributed by atoms with Crippen LogP contribution in [0.5, 0.6) is 11.5 Å². The van der Waals surface area contributed by atoms with Crippen molar-refractivity contribution in [3.05, 3.63) is 222 Å². The number of nitrogens with zero attached hydrogens (tertiary/aromatic N) is 15. The highest BCUT2D eigenvalue weighted by Gasteiger charge is 2.49. The Balaban J connectivity index is 0.510. The minimum atomic E-state index is -1.14. The number of nitrogens with one attached hydrogen (secondary N) is 4. The first-order valence-corrected chi connectivity index (χ1v) is 50.1. The van der Waals surface area contributed by atoms with Crippen LogP contribution in [-0.4, -0.2) is 216 Å². The topological polar surface area (TPSA) is 408 Å². The molecule has 0 saturated carbocycles. The first-order chi connectivity index (χ1) is 67.4. The van der Waals surface area contributed by atoms with E-state index in [1.165, 1.54) is 9.80 Å². The lowest BCUT2D eigenvalue weighted by atomic mass is 9.85. The van der Waals surface area contributed by atoms with Gasteiger partial charge in [0.15, 0.2) is 11.6 Å². The van der Waals surface area contributed by atoms with E-state index < -0.39 is 76.7 Å². The number of hydrogen-bond donors (Lipinski definition) is 8. The van der Waals surface area contributed by atoms with Crippen molar-refractivity contribution in [1.29, 1.82) is 0 Å². The Morgan fingerprint density at radius 3 is 1.39 bits per heavy atom. The van der Waals surface area contributed by atoms with E-state index in [-0.39, 0.29) is 86.3 Å². The highest BCUT2D eigenvalue weighted by atomic mass is 32.1. The summed E-state index contributed by atoms with van der Waals surface area (Å²) in [5.41, 5.74) is 28.4. The number of rotatable bonds is 32. The Morgan fingerprint density at radius 2 is 0.943 bits per heavy atom. The summed E-state index contributed by atoms with van der Waals surface area (Å²) >= 11 is 3.09. The van der Waals surface area contributed by atoms with Crippen LogP contribution in [0.4, 0.5) is 17.3 Å². The van der Waals surface area contributed by atoms with Gasteiger partial charge < -0.3 is 67.4 Å². The number of piperidine rings is 3. The minimum Gasteiger partial charge on any atom is -0.507 e. The Kier molecular flexibility index (Phi) is 30.4. The molecular weight excluding hydrogens is 1810 g/mol. The number of anilines is 3. The smallest absolute Gasteiger partial charge is 0.251 e. The maximum Gasteiger partial charge on any atom is 0.251 e. The van der Waals surface area contributed by atoms with Crippen molar-refractivity contribution in [2.24, 2.45) is 28.6 Å². The number of para-hydroxylation sites is 2. The number of thiazole rings is 2. The van der Waals surface area contributed by atoms with Crippen molar-refractivity contribution in [2.45, 2.75) is 189 Å². The standard InChI is InChI=1S/C106H123N21O11S2/c1-65-93(139-63-111-65)73-24-20-67(21-25-73)53-109-100(132)88-49-80(61-126(88)103(135)95(105(3,4)5)115-92(130)19-13-14-42-121-43-40-76(41-44-121)102(134)123-47-38-70(39-48-123)58-125-60-78(56-114-125)85-52-87(118-120-98(85)108)83-16-10-12-18-91(83)129)137-138-81-50-89(101(133)110-54-68-22-26-74(27-23-68)94-66(2)112-64-140-94)127(62-81)104(136)96(106(6,7)8)116-99(131)75-30-28-71(29-31-75)72-32-34-79(35-33-72)122-45-36-69(37-46-122)57-124-59-77(55-113-124)84-51-86(117-119-97(84)107)82-15-9-11-17-90(82)128/h9-12,15-18,20-35,51-52,55-56,59-60,63-64,69-70,76,80-81,88-89,95-96,128-129H,13-14,19,36-50,53-54,57-58,61-62H2,1-8H3,(H2,107,119)(H2,108,120)(H,109,132)(H,110,133)(H,115,130)(H,116,131)/t80-,81-,88+,89+,95-,96-/m1/s1. The van der Waals surface area contributed by atoms with E-state index in [0.717, 1.165) is 156 Å². The molecule has 34 heteroatoms. The molecule has 7 amide bonds. The number of likely N-dealkylation sites (tertiary alicyclic amines) is 4. The summed E-state index contributed by atoms with van der Waals surface area (Å²) in [6.07, 6.45) is 12.3.